The topological polar surface area (TPSA) is 58.6 Å². The molecule has 7 heteroatoms. The number of rotatable bonds is 6. The first kappa shape index (κ1) is 22.8. The number of thiocarbonyl (C=S) groups is 1. The zero-order chi connectivity index (χ0) is 23.4. The van der Waals surface area contributed by atoms with Crippen LogP contribution < -0.4 is 15.0 Å². The molecule has 0 unspecified atom stereocenters. The van der Waals surface area contributed by atoms with Crippen molar-refractivity contribution in [3.8, 4) is 5.75 Å². The van der Waals surface area contributed by atoms with Gasteiger partial charge in [-0.2, -0.15) is 0 Å². The second-order valence-electron chi connectivity index (χ2n) is 7.59. The normalized spacial score (nSPS) is 14.6. The molecule has 0 spiro atoms. The summed E-state index contributed by atoms with van der Waals surface area (Å²) in [5.74, 6) is 0.401. The van der Waals surface area contributed by atoms with Gasteiger partial charge in [0.2, 0.25) is 5.91 Å². The molecule has 1 heterocycles. The number of hydrogen-bond donors (Lipinski definition) is 1. The van der Waals surface area contributed by atoms with Crippen LogP contribution in [-0.4, -0.2) is 16.1 Å². The van der Waals surface area contributed by atoms with Crippen LogP contribution in [0.1, 0.15) is 23.6 Å². The predicted octanol–water partition coefficient (Wildman–Crippen LogP) is 5.94. The standard InChI is InChI=1S/C26H22N2O3S2/c1-17-6-8-19(9-7-17)16-31-23-5-3-4-20(14-23)15-24-25(30)28(26(32)33-24)22-12-10-21(11-13-22)27-18(2)29/h3-15H,16H2,1-2H3,(H,27,29)/b24-15-. The highest BCUT2D eigenvalue weighted by atomic mass is 32.2. The van der Waals surface area contributed by atoms with Crippen molar-refractivity contribution in [2.75, 3.05) is 10.2 Å². The number of hydrogen-bond acceptors (Lipinski definition) is 5. The maximum Gasteiger partial charge on any atom is 0.270 e. The van der Waals surface area contributed by atoms with Crippen LogP contribution in [0.2, 0.25) is 0 Å². The van der Waals surface area contributed by atoms with Crippen LogP contribution in [0.5, 0.6) is 5.75 Å². The van der Waals surface area contributed by atoms with Gasteiger partial charge in [0.25, 0.3) is 5.91 Å². The molecule has 1 aliphatic heterocycles. The van der Waals surface area contributed by atoms with E-state index in [-0.39, 0.29) is 11.8 Å². The van der Waals surface area contributed by atoms with E-state index in [1.54, 1.807) is 24.3 Å². The molecule has 1 saturated heterocycles. The van der Waals surface area contributed by atoms with Crippen molar-refractivity contribution in [3.05, 3.63) is 94.4 Å². The van der Waals surface area contributed by atoms with Crippen LogP contribution >= 0.6 is 24.0 Å². The van der Waals surface area contributed by atoms with Gasteiger partial charge in [-0.3, -0.25) is 14.5 Å². The summed E-state index contributed by atoms with van der Waals surface area (Å²) in [4.78, 5) is 26.3. The zero-order valence-corrected chi connectivity index (χ0v) is 19.8. The van der Waals surface area contributed by atoms with Crippen molar-refractivity contribution < 1.29 is 14.3 Å². The van der Waals surface area contributed by atoms with E-state index in [4.69, 9.17) is 17.0 Å². The third kappa shape index (κ3) is 5.69. The number of benzene rings is 3. The summed E-state index contributed by atoms with van der Waals surface area (Å²) in [6.45, 7) is 3.97. The van der Waals surface area contributed by atoms with Gasteiger partial charge in [-0.05, 0) is 60.5 Å². The molecule has 0 radical (unpaired) electrons. The highest BCUT2D eigenvalue weighted by molar-refractivity contribution is 8.27. The second kappa shape index (κ2) is 10.0. The van der Waals surface area contributed by atoms with E-state index in [1.165, 1.54) is 29.1 Å². The van der Waals surface area contributed by atoms with E-state index in [0.717, 1.165) is 16.9 Å². The number of carbonyl (C=O) groups excluding carboxylic acids is 2. The van der Waals surface area contributed by atoms with Crippen LogP contribution in [0.15, 0.2) is 77.7 Å². The van der Waals surface area contributed by atoms with Crippen molar-refractivity contribution in [2.24, 2.45) is 0 Å². The van der Waals surface area contributed by atoms with E-state index in [1.807, 2.05) is 42.5 Å². The molecule has 1 aliphatic rings. The molecule has 0 bridgehead atoms. The Morgan fingerprint density at radius 3 is 2.52 bits per heavy atom. The van der Waals surface area contributed by atoms with Gasteiger partial charge >= 0.3 is 0 Å². The molecular formula is C26H22N2O3S2. The average molecular weight is 475 g/mol. The number of carbonyl (C=O) groups is 2. The lowest BCUT2D eigenvalue weighted by Crippen LogP contribution is -2.27. The number of nitrogens with one attached hydrogen (secondary N) is 1. The minimum absolute atomic E-state index is 0.152. The number of nitrogens with zero attached hydrogens (tertiary/aromatic N) is 1. The summed E-state index contributed by atoms with van der Waals surface area (Å²) in [6, 6.07) is 22.9. The number of ether oxygens (including phenoxy) is 1. The van der Waals surface area contributed by atoms with E-state index >= 15 is 0 Å². The number of thioether (sulfide) groups is 1. The van der Waals surface area contributed by atoms with Gasteiger partial charge in [0, 0.05) is 12.6 Å². The third-order valence-electron chi connectivity index (χ3n) is 4.92. The van der Waals surface area contributed by atoms with Crippen LogP contribution in [0.4, 0.5) is 11.4 Å². The molecule has 0 aromatic heterocycles. The summed E-state index contributed by atoms with van der Waals surface area (Å²) >= 11 is 6.72. The van der Waals surface area contributed by atoms with Gasteiger partial charge in [-0.25, -0.2) is 0 Å². The SMILES string of the molecule is CC(=O)Nc1ccc(N2C(=O)/C(=C/c3cccc(OCc4ccc(C)cc4)c3)SC2=S)cc1. The zero-order valence-electron chi connectivity index (χ0n) is 18.2. The summed E-state index contributed by atoms with van der Waals surface area (Å²) in [7, 11) is 0. The van der Waals surface area contributed by atoms with E-state index < -0.39 is 0 Å². The molecule has 3 aromatic rings. The Morgan fingerprint density at radius 1 is 1.09 bits per heavy atom. The Morgan fingerprint density at radius 2 is 1.82 bits per heavy atom. The number of anilines is 2. The molecular weight excluding hydrogens is 452 g/mol. The number of amides is 2. The maximum absolute atomic E-state index is 13.1. The molecule has 166 valence electrons. The van der Waals surface area contributed by atoms with Crippen molar-refractivity contribution in [3.63, 3.8) is 0 Å². The van der Waals surface area contributed by atoms with E-state index in [0.29, 0.717) is 27.2 Å². The lowest BCUT2D eigenvalue weighted by atomic mass is 10.1. The Bertz CT molecular complexity index is 1240. The first-order valence-electron chi connectivity index (χ1n) is 10.3. The molecule has 1 fully saturated rings. The minimum Gasteiger partial charge on any atom is -0.489 e. The lowest BCUT2D eigenvalue weighted by molar-refractivity contribution is -0.114. The smallest absolute Gasteiger partial charge is 0.270 e. The summed E-state index contributed by atoms with van der Waals surface area (Å²) in [6.07, 6.45) is 1.82. The van der Waals surface area contributed by atoms with Gasteiger partial charge in [0.15, 0.2) is 4.32 Å². The first-order chi connectivity index (χ1) is 15.9. The van der Waals surface area contributed by atoms with Gasteiger partial charge in [0.1, 0.15) is 12.4 Å². The van der Waals surface area contributed by atoms with Gasteiger partial charge in [-0.1, -0.05) is 65.9 Å². The van der Waals surface area contributed by atoms with Crippen LogP contribution in [0, 0.1) is 6.92 Å². The largest absolute Gasteiger partial charge is 0.489 e. The molecule has 0 saturated carbocycles. The van der Waals surface area contributed by atoms with Crippen molar-refractivity contribution in [1.82, 2.24) is 0 Å². The van der Waals surface area contributed by atoms with Crippen molar-refractivity contribution in [1.29, 1.82) is 0 Å². The Balaban J connectivity index is 1.47. The van der Waals surface area contributed by atoms with Crippen LogP contribution in [0.25, 0.3) is 6.08 Å². The van der Waals surface area contributed by atoms with E-state index in [9.17, 15) is 9.59 Å². The third-order valence-corrected chi connectivity index (χ3v) is 6.22. The summed E-state index contributed by atoms with van der Waals surface area (Å²) in [5.41, 5.74) is 4.48. The quantitative estimate of drug-likeness (QED) is 0.354. The molecule has 1 N–H and O–H groups in total. The average Bonchev–Trinajstić information content (AvgIpc) is 3.06. The molecule has 4 rings (SSSR count). The number of aryl methyl sites for hydroxylation is 1. The van der Waals surface area contributed by atoms with E-state index in [2.05, 4.69) is 24.4 Å². The molecule has 5 nitrogen and oxygen atoms in total. The lowest BCUT2D eigenvalue weighted by Gasteiger charge is -2.15. The maximum atomic E-state index is 13.1. The first-order valence-corrected chi connectivity index (χ1v) is 11.6. The van der Waals surface area contributed by atoms with Crippen LogP contribution in [0.3, 0.4) is 0 Å². The van der Waals surface area contributed by atoms with Crippen LogP contribution in [-0.2, 0) is 16.2 Å². The van der Waals surface area contributed by atoms with Gasteiger partial charge < -0.3 is 10.1 Å². The highest BCUT2D eigenvalue weighted by Gasteiger charge is 2.33. The van der Waals surface area contributed by atoms with Crippen molar-refractivity contribution >= 4 is 57.6 Å². The minimum atomic E-state index is -0.178. The summed E-state index contributed by atoms with van der Waals surface area (Å²) < 4.78 is 6.39. The molecule has 33 heavy (non-hydrogen) atoms. The Labute approximate surface area is 202 Å². The summed E-state index contributed by atoms with van der Waals surface area (Å²) in [5, 5.41) is 2.71. The fraction of sp³-hybridized carbons (Fsp3) is 0.115. The fourth-order valence-corrected chi connectivity index (χ4v) is 4.58. The molecule has 2 amide bonds. The van der Waals surface area contributed by atoms with Gasteiger partial charge in [0.05, 0.1) is 10.6 Å². The molecule has 0 aliphatic carbocycles. The molecule has 3 aromatic carbocycles. The second-order valence-corrected chi connectivity index (χ2v) is 9.27. The van der Waals surface area contributed by atoms with Crippen molar-refractivity contribution in [2.45, 2.75) is 20.5 Å². The predicted molar refractivity (Wildman–Crippen MR) is 138 cm³/mol. The Hall–Kier alpha value is -3.42. The monoisotopic (exact) mass is 474 g/mol. The van der Waals surface area contributed by atoms with Gasteiger partial charge in [-0.15, -0.1) is 0 Å². The fourth-order valence-electron chi connectivity index (χ4n) is 3.28. The molecule has 0 atom stereocenters. The Kier molecular flexibility index (Phi) is 6.91. The highest BCUT2D eigenvalue weighted by Crippen LogP contribution is 2.36.